The van der Waals surface area contributed by atoms with Gasteiger partial charge in [0.15, 0.2) is 0 Å². The van der Waals surface area contributed by atoms with Gasteiger partial charge in [0, 0.05) is 12.2 Å². The fraction of sp³-hybridized carbons (Fsp3) is 0.429. The molecule has 0 heterocycles. The van der Waals surface area contributed by atoms with E-state index in [1.54, 1.807) is 25.1 Å². The van der Waals surface area contributed by atoms with Crippen LogP contribution in [0.4, 0.5) is 10.5 Å². The Morgan fingerprint density at radius 2 is 2.14 bits per heavy atom. The SMILES string of the molecule is COc1ccc(NC(=O)NCCCC(C)C(=O)O)cc1Cl. The second-order valence-electron chi connectivity index (χ2n) is 4.61. The van der Waals surface area contributed by atoms with Crippen molar-refractivity contribution < 1.29 is 19.4 Å². The van der Waals surface area contributed by atoms with E-state index < -0.39 is 11.9 Å². The van der Waals surface area contributed by atoms with Crippen LogP contribution in [0.25, 0.3) is 0 Å². The number of carboxylic acid groups (broad SMARTS) is 1. The summed E-state index contributed by atoms with van der Waals surface area (Å²) < 4.78 is 5.02. The molecule has 3 N–H and O–H groups in total. The number of carboxylic acids is 1. The summed E-state index contributed by atoms with van der Waals surface area (Å²) in [5, 5.41) is 14.4. The van der Waals surface area contributed by atoms with Crippen molar-refractivity contribution in [3.8, 4) is 5.75 Å². The molecule has 21 heavy (non-hydrogen) atoms. The van der Waals surface area contributed by atoms with Crippen LogP contribution in [0.2, 0.25) is 5.02 Å². The molecule has 0 saturated carbocycles. The fourth-order valence-corrected chi connectivity index (χ4v) is 1.91. The van der Waals surface area contributed by atoms with E-state index in [1.807, 2.05) is 0 Å². The van der Waals surface area contributed by atoms with E-state index in [4.69, 9.17) is 21.4 Å². The summed E-state index contributed by atoms with van der Waals surface area (Å²) in [6, 6.07) is 4.56. The second-order valence-corrected chi connectivity index (χ2v) is 5.02. The first kappa shape index (κ1) is 17.1. The topological polar surface area (TPSA) is 87.7 Å². The van der Waals surface area contributed by atoms with Crippen LogP contribution in [-0.2, 0) is 4.79 Å². The summed E-state index contributed by atoms with van der Waals surface area (Å²) in [6.07, 6.45) is 1.12. The smallest absolute Gasteiger partial charge is 0.319 e. The van der Waals surface area contributed by atoms with E-state index in [2.05, 4.69) is 10.6 Å². The lowest BCUT2D eigenvalue weighted by molar-refractivity contribution is -0.141. The third kappa shape index (κ3) is 5.91. The van der Waals surface area contributed by atoms with Crippen LogP contribution in [0, 0.1) is 5.92 Å². The number of carbonyl (C=O) groups excluding carboxylic acids is 1. The molecule has 6 nitrogen and oxygen atoms in total. The molecule has 0 bridgehead atoms. The first-order chi connectivity index (χ1) is 9.93. The number of amides is 2. The Balaban J connectivity index is 2.34. The molecule has 0 saturated heterocycles. The molecular formula is C14H19ClN2O4. The molecule has 116 valence electrons. The number of aliphatic carboxylic acids is 1. The average Bonchev–Trinajstić information content (AvgIpc) is 2.43. The minimum atomic E-state index is -0.827. The molecule has 1 aromatic rings. The van der Waals surface area contributed by atoms with Gasteiger partial charge in [-0.15, -0.1) is 0 Å². The van der Waals surface area contributed by atoms with E-state index in [0.717, 1.165) is 0 Å². The summed E-state index contributed by atoms with van der Waals surface area (Å²) in [5.74, 6) is -0.701. The summed E-state index contributed by atoms with van der Waals surface area (Å²) in [6.45, 7) is 2.05. The van der Waals surface area contributed by atoms with Gasteiger partial charge in [-0.3, -0.25) is 4.79 Å². The van der Waals surface area contributed by atoms with Crippen LogP contribution < -0.4 is 15.4 Å². The summed E-state index contributed by atoms with van der Waals surface area (Å²) >= 11 is 5.95. The monoisotopic (exact) mass is 314 g/mol. The highest BCUT2D eigenvalue weighted by Gasteiger charge is 2.10. The molecule has 1 aromatic carbocycles. The Kier molecular flexibility index (Phi) is 6.81. The summed E-state index contributed by atoms with van der Waals surface area (Å²) in [4.78, 5) is 22.3. The lowest BCUT2D eigenvalue weighted by atomic mass is 10.1. The Bertz CT molecular complexity index is 508. The number of hydrogen-bond donors (Lipinski definition) is 3. The van der Waals surface area contributed by atoms with E-state index in [9.17, 15) is 9.59 Å². The Morgan fingerprint density at radius 3 is 2.71 bits per heavy atom. The third-order valence-corrected chi connectivity index (χ3v) is 3.23. The number of anilines is 1. The Hall–Kier alpha value is -1.95. The van der Waals surface area contributed by atoms with Gasteiger partial charge in [-0.2, -0.15) is 0 Å². The van der Waals surface area contributed by atoms with Gasteiger partial charge < -0.3 is 20.5 Å². The summed E-state index contributed by atoms with van der Waals surface area (Å²) in [7, 11) is 1.51. The van der Waals surface area contributed by atoms with Crippen LogP contribution in [0.1, 0.15) is 19.8 Å². The van der Waals surface area contributed by atoms with Crippen molar-refractivity contribution in [1.29, 1.82) is 0 Å². The van der Waals surface area contributed by atoms with Gasteiger partial charge >= 0.3 is 12.0 Å². The van der Waals surface area contributed by atoms with Gasteiger partial charge in [0.1, 0.15) is 5.75 Å². The molecule has 0 aliphatic carbocycles. The number of carbonyl (C=O) groups is 2. The second kappa shape index (κ2) is 8.36. The molecule has 0 aliphatic rings. The molecule has 1 rings (SSSR count). The predicted molar refractivity (Wildman–Crippen MR) is 81.1 cm³/mol. The average molecular weight is 315 g/mol. The van der Waals surface area contributed by atoms with Crippen molar-refractivity contribution in [2.24, 2.45) is 5.92 Å². The molecule has 2 amide bonds. The van der Waals surface area contributed by atoms with Crippen LogP contribution in [0.3, 0.4) is 0 Å². The minimum absolute atomic E-state index is 0.362. The highest BCUT2D eigenvalue weighted by Crippen LogP contribution is 2.27. The number of halogens is 1. The molecule has 1 unspecified atom stereocenters. The van der Waals surface area contributed by atoms with E-state index >= 15 is 0 Å². The molecule has 0 radical (unpaired) electrons. The third-order valence-electron chi connectivity index (χ3n) is 2.93. The van der Waals surface area contributed by atoms with Gasteiger partial charge in [-0.05, 0) is 31.0 Å². The van der Waals surface area contributed by atoms with Gasteiger partial charge in [0.25, 0.3) is 0 Å². The normalized spacial score (nSPS) is 11.6. The van der Waals surface area contributed by atoms with Crippen molar-refractivity contribution in [3.63, 3.8) is 0 Å². The van der Waals surface area contributed by atoms with Gasteiger partial charge in [-0.1, -0.05) is 18.5 Å². The first-order valence-electron chi connectivity index (χ1n) is 6.55. The number of nitrogens with one attached hydrogen (secondary N) is 2. The maximum atomic E-state index is 11.6. The highest BCUT2D eigenvalue weighted by molar-refractivity contribution is 6.32. The zero-order valence-electron chi connectivity index (χ0n) is 12.0. The molecular weight excluding hydrogens is 296 g/mol. The zero-order valence-corrected chi connectivity index (χ0v) is 12.7. The van der Waals surface area contributed by atoms with Crippen LogP contribution >= 0.6 is 11.6 Å². The fourth-order valence-electron chi connectivity index (χ4n) is 1.65. The van der Waals surface area contributed by atoms with Crippen molar-refractivity contribution in [3.05, 3.63) is 23.2 Å². The molecule has 1 atom stereocenters. The maximum absolute atomic E-state index is 11.6. The quantitative estimate of drug-likeness (QED) is 0.675. The Morgan fingerprint density at radius 1 is 1.43 bits per heavy atom. The number of methoxy groups -OCH3 is 1. The van der Waals surface area contributed by atoms with Gasteiger partial charge in [0.2, 0.25) is 0 Å². The van der Waals surface area contributed by atoms with E-state index in [0.29, 0.717) is 35.8 Å². The number of benzene rings is 1. The van der Waals surface area contributed by atoms with Crippen molar-refractivity contribution in [2.75, 3.05) is 19.0 Å². The first-order valence-corrected chi connectivity index (χ1v) is 6.93. The molecule has 0 aromatic heterocycles. The van der Waals surface area contributed by atoms with Crippen molar-refractivity contribution >= 4 is 29.3 Å². The van der Waals surface area contributed by atoms with Gasteiger partial charge in [-0.25, -0.2) is 4.79 Å². The van der Waals surface area contributed by atoms with Gasteiger partial charge in [0.05, 0.1) is 18.1 Å². The van der Waals surface area contributed by atoms with Crippen LogP contribution in [-0.4, -0.2) is 30.8 Å². The van der Waals surface area contributed by atoms with E-state index in [1.165, 1.54) is 7.11 Å². The Labute approximate surface area is 128 Å². The molecule has 0 aliphatic heterocycles. The lowest BCUT2D eigenvalue weighted by Crippen LogP contribution is -2.29. The molecule has 0 fully saturated rings. The number of ether oxygens (including phenoxy) is 1. The predicted octanol–water partition coefficient (Wildman–Crippen LogP) is 2.97. The lowest BCUT2D eigenvalue weighted by Gasteiger charge is -2.10. The maximum Gasteiger partial charge on any atom is 0.319 e. The largest absolute Gasteiger partial charge is 0.495 e. The van der Waals surface area contributed by atoms with E-state index in [-0.39, 0.29) is 6.03 Å². The highest BCUT2D eigenvalue weighted by atomic mass is 35.5. The standard InChI is InChI=1S/C14H19ClN2O4/c1-9(13(18)19)4-3-7-16-14(20)17-10-5-6-12(21-2)11(15)8-10/h5-6,8-9H,3-4,7H2,1-2H3,(H,18,19)(H2,16,17,20). The van der Waals surface area contributed by atoms with Crippen molar-refractivity contribution in [2.45, 2.75) is 19.8 Å². The van der Waals surface area contributed by atoms with Crippen LogP contribution in [0.15, 0.2) is 18.2 Å². The minimum Gasteiger partial charge on any atom is -0.495 e. The molecule has 0 spiro atoms. The zero-order chi connectivity index (χ0) is 15.8. The van der Waals surface area contributed by atoms with Crippen LogP contribution in [0.5, 0.6) is 5.75 Å². The number of urea groups is 1. The molecule has 7 heteroatoms. The summed E-state index contributed by atoms with van der Waals surface area (Å²) in [5.41, 5.74) is 0.553. The number of rotatable bonds is 7. The number of hydrogen-bond acceptors (Lipinski definition) is 3. The van der Waals surface area contributed by atoms with Crippen molar-refractivity contribution in [1.82, 2.24) is 5.32 Å².